The van der Waals surface area contributed by atoms with E-state index in [0.29, 0.717) is 29.6 Å². The number of aromatic nitrogens is 2. The van der Waals surface area contributed by atoms with Gasteiger partial charge in [0, 0.05) is 29.6 Å². The molecule has 1 amide bonds. The van der Waals surface area contributed by atoms with Crippen molar-refractivity contribution in [2.24, 2.45) is 4.99 Å². The molecule has 4 rings (SSSR count). The van der Waals surface area contributed by atoms with Gasteiger partial charge in [-0.05, 0) is 43.7 Å². The van der Waals surface area contributed by atoms with E-state index in [2.05, 4.69) is 27.6 Å². The van der Waals surface area contributed by atoms with Crippen LogP contribution in [0.25, 0.3) is 0 Å². The van der Waals surface area contributed by atoms with Crippen LogP contribution < -0.4 is 20.1 Å². The van der Waals surface area contributed by atoms with Crippen LogP contribution in [0.1, 0.15) is 35.0 Å². The van der Waals surface area contributed by atoms with Crippen LogP contribution in [0.2, 0.25) is 0 Å². The number of nitrogens with one attached hydrogen (secondary N) is 2. The first-order valence-corrected chi connectivity index (χ1v) is 10.2. The minimum Gasteiger partial charge on any atom is -0.454 e. The molecule has 2 heterocycles. The van der Waals surface area contributed by atoms with Crippen molar-refractivity contribution in [2.45, 2.75) is 33.4 Å². The first-order valence-electron chi connectivity index (χ1n) is 10.2. The zero-order valence-corrected chi connectivity index (χ0v) is 17.6. The SMILES string of the molecule is CCCn1cc(CN=C(NC(=O)c2ccc3c(c2)OCO3)Nc2ccccc2)c(C)n1. The molecule has 2 N–H and O–H groups in total. The molecule has 1 aliphatic heterocycles. The predicted molar refractivity (Wildman–Crippen MR) is 118 cm³/mol. The molecule has 8 heteroatoms. The third-order valence-corrected chi connectivity index (χ3v) is 4.81. The molecule has 1 aromatic heterocycles. The number of hydrogen-bond donors (Lipinski definition) is 2. The molecule has 0 unspecified atom stereocenters. The lowest BCUT2D eigenvalue weighted by Gasteiger charge is -2.12. The standard InChI is InChI=1S/C23H25N5O3/c1-3-11-28-14-18(16(2)27-28)13-24-23(25-19-7-5-4-6-8-19)26-22(29)17-9-10-20-21(12-17)31-15-30-20/h4-10,12,14H,3,11,13,15H2,1-2H3,(H2,24,25,26,29). The largest absolute Gasteiger partial charge is 0.454 e. The summed E-state index contributed by atoms with van der Waals surface area (Å²) in [6.45, 7) is 5.50. The normalized spacial score (nSPS) is 12.6. The Hall–Kier alpha value is -3.81. The Morgan fingerprint density at radius 1 is 1.16 bits per heavy atom. The molecule has 0 saturated carbocycles. The van der Waals surface area contributed by atoms with Crippen LogP contribution >= 0.6 is 0 Å². The van der Waals surface area contributed by atoms with Crippen LogP contribution in [0.15, 0.2) is 59.7 Å². The Kier molecular flexibility index (Phi) is 6.16. The van der Waals surface area contributed by atoms with Crippen LogP contribution in [0.4, 0.5) is 5.69 Å². The Morgan fingerprint density at radius 3 is 2.77 bits per heavy atom. The average Bonchev–Trinajstić information content (AvgIpc) is 3.38. The van der Waals surface area contributed by atoms with E-state index < -0.39 is 0 Å². The molecule has 0 atom stereocenters. The van der Waals surface area contributed by atoms with Gasteiger partial charge in [-0.15, -0.1) is 0 Å². The van der Waals surface area contributed by atoms with Crippen LogP contribution in [0.3, 0.4) is 0 Å². The number of ether oxygens (including phenoxy) is 2. The van der Waals surface area contributed by atoms with Gasteiger partial charge in [0.1, 0.15) is 0 Å². The van der Waals surface area contributed by atoms with Gasteiger partial charge in [-0.3, -0.25) is 14.8 Å². The van der Waals surface area contributed by atoms with Gasteiger partial charge in [-0.2, -0.15) is 5.10 Å². The minimum absolute atomic E-state index is 0.160. The van der Waals surface area contributed by atoms with Gasteiger partial charge in [-0.1, -0.05) is 25.1 Å². The first-order chi connectivity index (χ1) is 15.1. The van der Waals surface area contributed by atoms with Crippen LogP contribution in [-0.4, -0.2) is 28.4 Å². The zero-order chi connectivity index (χ0) is 21.6. The van der Waals surface area contributed by atoms with Gasteiger partial charge < -0.3 is 14.8 Å². The molecular weight excluding hydrogens is 394 g/mol. The summed E-state index contributed by atoms with van der Waals surface area (Å²) < 4.78 is 12.6. The van der Waals surface area contributed by atoms with Crippen LogP contribution in [0, 0.1) is 6.92 Å². The van der Waals surface area contributed by atoms with Gasteiger partial charge >= 0.3 is 0 Å². The first kappa shape index (κ1) is 20.5. The smallest absolute Gasteiger partial charge is 0.258 e. The number of benzene rings is 2. The van der Waals surface area contributed by atoms with E-state index in [1.165, 1.54) is 0 Å². The van der Waals surface area contributed by atoms with E-state index in [0.717, 1.165) is 29.9 Å². The predicted octanol–water partition coefficient (Wildman–Crippen LogP) is 3.73. The maximum Gasteiger partial charge on any atom is 0.258 e. The summed E-state index contributed by atoms with van der Waals surface area (Å²) in [6, 6.07) is 14.7. The fraction of sp³-hybridized carbons (Fsp3) is 0.261. The molecular formula is C23H25N5O3. The lowest BCUT2D eigenvalue weighted by Crippen LogP contribution is -2.36. The number of carbonyl (C=O) groups is 1. The highest BCUT2D eigenvalue weighted by Gasteiger charge is 2.17. The van der Waals surface area contributed by atoms with Gasteiger partial charge in [0.05, 0.1) is 12.2 Å². The van der Waals surface area contributed by atoms with Crippen molar-refractivity contribution in [3.05, 3.63) is 71.5 Å². The number of para-hydroxylation sites is 1. The number of amides is 1. The summed E-state index contributed by atoms with van der Waals surface area (Å²) in [4.78, 5) is 17.5. The maximum atomic E-state index is 12.9. The third-order valence-electron chi connectivity index (χ3n) is 4.81. The summed E-state index contributed by atoms with van der Waals surface area (Å²) in [6.07, 6.45) is 3.01. The van der Waals surface area contributed by atoms with Gasteiger partial charge in [0.2, 0.25) is 12.8 Å². The number of carbonyl (C=O) groups excluding carboxylic acids is 1. The summed E-state index contributed by atoms with van der Waals surface area (Å²) in [5.74, 6) is 1.25. The van der Waals surface area contributed by atoms with E-state index in [9.17, 15) is 4.79 Å². The fourth-order valence-electron chi connectivity index (χ4n) is 3.21. The number of anilines is 1. The molecule has 8 nitrogen and oxygen atoms in total. The number of nitrogens with zero attached hydrogens (tertiary/aromatic N) is 3. The van der Waals surface area contributed by atoms with E-state index >= 15 is 0 Å². The summed E-state index contributed by atoms with van der Waals surface area (Å²) in [5.41, 5.74) is 3.22. The number of rotatable bonds is 6. The molecule has 0 bridgehead atoms. The molecule has 0 radical (unpaired) electrons. The van der Waals surface area contributed by atoms with E-state index in [1.54, 1.807) is 18.2 Å². The molecule has 2 aromatic carbocycles. The lowest BCUT2D eigenvalue weighted by atomic mass is 10.2. The Balaban J connectivity index is 1.53. The van der Waals surface area contributed by atoms with Crippen LogP contribution in [0.5, 0.6) is 11.5 Å². The Bertz CT molecular complexity index is 1090. The zero-order valence-electron chi connectivity index (χ0n) is 17.6. The van der Waals surface area contributed by atoms with Crippen molar-refractivity contribution in [3.8, 4) is 11.5 Å². The lowest BCUT2D eigenvalue weighted by molar-refractivity contribution is 0.0976. The summed E-state index contributed by atoms with van der Waals surface area (Å²) in [7, 11) is 0. The molecule has 0 aliphatic carbocycles. The van der Waals surface area contributed by atoms with Gasteiger partial charge in [0.15, 0.2) is 11.5 Å². The fourth-order valence-corrected chi connectivity index (χ4v) is 3.21. The van der Waals surface area contributed by atoms with Gasteiger partial charge in [0.25, 0.3) is 5.91 Å². The second-order valence-corrected chi connectivity index (χ2v) is 7.18. The van der Waals surface area contributed by atoms with Crippen molar-refractivity contribution >= 4 is 17.6 Å². The molecule has 0 spiro atoms. The Morgan fingerprint density at radius 2 is 1.97 bits per heavy atom. The van der Waals surface area contributed by atoms with Crippen molar-refractivity contribution in [1.82, 2.24) is 15.1 Å². The number of fused-ring (bicyclic) bond motifs is 1. The molecule has 3 aromatic rings. The van der Waals surface area contributed by atoms with E-state index in [4.69, 9.17) is 9.47 Å². The second kappa shape index (κ2) is 9.34. The number of guanidine groups is 1. The highest BCUT2D eigenvalue weighted by molar-refractivity contribution is 6.10. The quantitative estimate of drug-likeness (QED) is 0.469. The highest BCUT2D eigenvalue weighted by atomic mass is 16.7. The van der Waals surface area contributed by atoms with Crippen molar-refractivity contribution in [3.63, 3.8) is 0 Å². The monoisotopic (exact) mass is 419 g/mol. The van der Waals surface area contributed by atoms with Crippen molar-refractivity contribution in [1.29, 1.82) is 0 Å². The molecule has 160 valence electrons. The maximum absolute atomic E-state index is 12.9. The van der Waals surface area contributed by atoms with Crippen molar-refractivity contribution in [2.75, 3.05) is 12.1 Å². The second-order valence-electron chi connectivity index (χ2n) is 7.18. The van der Waals surface area contributed by atoms with Gasteiger partial charge in [-0.25, -0.2) is 4.99 Å². The highest BCUT2D eigenvalue weighted by Crippen LogP contribution is 2.32. The van der Waals surface area contributed by atoms with E-state index in [1.807, 2.05) is 48.1 Å². The topological polar surface area (TPSA) is 89.8 Å². The minimum atomic E-state index is -0.293. The van der Waals surface area contributed by atoms with Crippen LogP contribution in [-0.2, 0) is 13.1 Å². The average molecular weight is 419 g/mol. The molecule has 31 heavy (non-hydrogen) atoms. The molecule has 0 fully saturated rings. The molecule has 0 saturated heterocycles. The van der Waals surface area contributed by atoms with Crippen molar-refractivity contribution < 1.29 is 14.3 Å². The van der Waals surface area contributed by atoms with E-state index in [-0.39, 0.29) is 12.7 Å². The summed E-state index contributed by atoms with van der Waals surface area (Å²) in [5, 5.41) is 10.6. The number of hydrogen-bond acceptors (Lipinski definition) is 5. The molecule has 1 aliphatic rings. The number of aliphatic imine (C=N–C) groups is 1. The summed E-state index contributed by atoms with van der Waals surface area (Å²) >= 11 is 0. The Labute approximate surface area is 180 Å². The number of aryl methyl sites for hydroxylation is 2. The third kappa shape index (κ3) is 5.03.